The largest absolute Gasteiger partial charge is 0.295 e. The third-order valence-electron chi connectivity index (χ3n) is 4.08. The molecule has 0 saturated heterocycles. The van der Waals surface area contributed by atoms with Gasteiger partial charge in [-0.1, -0.05) is 19.8 Å². The number of terminal acetylenes is 1. The fourth-order valence-electron chi connectivity index (χ4n) is 2.36. The second-order valence-corrected chi connectivity index (χ2v) is 5.88. The lowest BCUT2D eigenvalue weighted by atomic mass is 10.1. The Morgan fingerprint density at radius 3 is 2.70 bits per heavy atom. The van der Waals surface area contributed by atoms with Gasteiger partial charge in [0.25, 0.3) is 5.91 Å². The minimum Gasteiger partial charge on any atom is -0.295 e. The van der Waals surface area contributed by atoms with Crippen LogP contribution in [0.25, 0.3) is 0 Å². The van der Waals surface area contributed by atoms with Crippen molar-refractivity contribution in [2.24, 2.45) is 5.92 Å². The van der Waals surface area contributed by atoms with Crippen molar-refractivity contribution in [3.05, 3.63) is 42.0 Å². The molecule has 0 spiro atoms. The highest BCUT2D eigenvalue weighted by molar-refractivity contribution is 6.06. The molecule has 2 aromatic rings. The highest BCUT2D eigenvalue weighted by Gasteiger charge is 2.23. The van der Waals surface area contributed by atoms with Gasteiger partial charge in [-0.15, -0.1) is 6.42 Å². The second kappa shape index (κ2) is 7.10. The summed E-state index contributed by atoms with van der Waals surface area (Å²) in [5, 5.41) is 4.40. The molecule has 1 atom stereocenters. The van der Waals surface area contributed by atoms with Gasteiger partial charge in [0.05, 0.1) is 36.2 Å². The van der Waals surface area contributed by atoms with Crippen LogP contribution in [0.4, 0.5) is 5.69 Å². The Labute approximate surface area is 137 Å². The lowest BCUT2D eigenvalue weighted by Gasteiger charge is -2.21. The van der Waals surface area contributed by atoms with E-state index in [2.05, 4.69) is 36.8 Å². The van der Waals surface area contributed by atoms with Crippen molar-refractivity contribution in [3.63, 3.8) is 0 Å². The Bertz CT molecular complexity index is 712. The van der Waals surface area contributed by atoms with Gasteiger partial charge in [0.1, 0.15) is 0 Å². The summed E-state index contributed by atoms with van der Waals surface area (Å²) in [6.07, 6.45) is 10.3. The average Bonchev–Trinajstić information content (AvgIpc) is 2.93. The van der Waals surface area contributed by atoms with Crippen molar-refractivity contribution < 1.29 is 4.79 Å². The SMILES string of the molecule is C#CCN(C(=O)c1cnn(C(C)C(C)C)c1C)c1cccnc1. The van der Waals surface area contributed by atoms with Gasteiger partial charge < -0.3 is 0 Å². The molecule has 0 bridgehead atoms. The molecule has 0 aliphatic heterocycles. The van der Waals surface area contributed by atoms with Crippen molar-refractivity contribution >= 4 is 11.6 Å². The van der Waals surface area contributed by atoms with Crippen LogP contribution < -0.4 is 4.90 Å². The van der Waals surface area contributed by atoms with Crippen LogP contribution in [0.5, 0.6) is 0 Å². The van der Waals surface area contributed by atoms with Crippen LogP contribution in [0.1, 0.15) is 42.9 Å². The number of hydrogen-bond acceptors (Lipinski definition) is 3. The monoisotopic (exact) mass is 310 g/mol. The topological polar surface area (TPSA) is 51.0 Å². The smallest absolute Gasteiger partial charge is 0.262 e. The summed E-state index contributed by atoms with van der Waals surface area (Å²) in [4.78, 5) is 18.5. The minimum atomic E-state index is -0.157. The van der Waals surface area contributed by atoms with E-state index in [4.69, 9.17) is 6.42 Å². The summed E-state index contributed by atoms with van der Waals surface area (Å²) in [6, 6.07) is 3.82. The zero-order chi connectivity index (χ0) is 17.0. The molecule has 2 heterocycles. The first kappa shape index (κ1) is 16.8. The summed E-state index contributed by atoms with van der Waals surface area (Å²) in [7, 11) is 0. The third-order valence-corrected chi connectivity index (χ3v) is 4.08. The lowest BCUT2D eigenvalue weighted by molar-refractivity contribution is 0.0989. The molecule has 120 valence electrons. The Balaban J connectivity index is 2.37. The van der Waals surface area contributed by atoms with Crippen LogP contribution in [-0.2, 0) is 0 Å². The van der Waals surface area contributed by atoms with Crippen molar-refractivity contribution in [1.82, 2.24) is 14.8 Å². The van der Waals surface area contributed by atoms with Gasteiger partial charge in [-0.05, 0) is 31.9 Å². The van der Waals surface area contributed by atoms with E-state index in [-0.39, 0.29) is 18.5 Å². The quantitative estimate of drug-likeness (QED) is 0.797. The molecule has 0 radical (unpaired) electrons. The predicted octanol–water partition coefficient (Wildman–Crippen LogP) is 3.08. The van der Waals surface area contributed by atoms with Crippen molar-refractivity contribution in [2.45, 2.75) is 33.7 Å². The molecule has 5 heteroatoms. The van der Waals surface area contributed by atoms with Gasteiger partial charge >= 0.3 is 0 Å². The first-order valence-corrected chi connectivity index (χ1v) is 7.66. The van der Waals surface area contributed by atoms with Gasteiger partial charge in [-0.25, -0.2) is 0 Å². The average molecular weight is 310 g/mol. The molecule has 1 unspecified atom stereocenters. The summed E-state index contributed by atoms with van der Waals surface area (Å²) < 4.78 is 1.90. The fourth-order valence-corrected chi connectivity index (χ4v) is 2.36. The molecule has 0 aromatic carbocycles. The molecule has 2 rings (SSSR count). The highest BCUT2D eigenvalue weighted by atomic mass is 16.2. The predicted molar refractivity (Wildman–Crippen MR) is 91.3 cm³/mol. The Kier molecular flexibility index (Phi) is 5.17. The van der Waals surface area contributed by atoms with E-state index in [0.29, 0.717) is 17.2 Å². The van der Waals surface area contributed by atoms with E-state index in [1.165, 1.54) is 0 Å². The van der Waals surface area contributed by atoms with Crippen LogP contribution in [0, 0.1) is 25.2 Å². The molecule has 0 aliphatic carbocycles. The molecule has 2 aromatic heterocycles. The molecule has 0 fully saturated rings. The standard InChI is InChI=1S/C18H22N4O/c1-6-10-21(16-8-7-9-19-11-16)18(23)17-12-20-22(15(17)5)14(4)13(2)3/h1,7-9,11-14H,10H2,2-5H3. The molecule has 0 aliphatic rings. The molecule has 1 amide bonds. The third kappa shape index (κ3) is 3.42. The Morgan fingerprint density at radius 1 is 1.39 bits per heavy atom. The first-order valence-electron chi connectivity index (χ1n) is 7.66. The second-order valence-electron chi connectivity index (χ2n) is 5.88. The van der Waals surface area contributed by atoms with Crippen LogP contribution in [0.2, 0.25) is 0 Å². The Hall–Kier alpha value is -2.61. The molecule has 5 nitrogen and oxygen atoms in total. The number of hydrogen-bond donors (Lipinski definition) is 0. The minimum absolute atomic E-state index is 0.157. The molecular formula is C18H22N4O. The number of carbonyl (C=O) groups is 1. The first-order chi connectivity index (χ1) is 11.0. The van der Waals surface area contributed by atoms with Crippen LogP contribution >= 0.6 is 0 Å². The number of pyridine rings is 1. The van der Waals surface area contributed by atoms with E-state index in [9.17, 15) is 4.79 Å². The number of nitrogens with zero attached hydrogens (tertiary/aromatic N) is 4. The molecule has 0 saturated carbocycles. The zero-order valence-corrected chi connectivity index (χ0v) is 14.0. The summed E-state index contributed by atoms with van der Waals surface area (Å²) in [5.74, 6) is 2.80. The summed E-state index contributed by atoms with van der Waals surface area (Å²) in [6.45, 7) is 8.46. The van der Waals surface area contributed by atoms with E-state index in [0.717, 1.165) is 5.69 Å². The fraction of sp³-hybridized carbons (Fsp3) is 0.389. The number of carbonyl (C=O) groups excluding carboxylic acids is 1. The van der Waals surface area contributed by atoms with Gasteiger partial charge in [-0.2, -0.15) is 5.10 Å². The van der Waals surface area contributed by atoms with Crippen molar-refractivity contribution in [3.8, 4) is 12.3 Å². The van der Waals surface area contributed by atoms with E-state index >= 15 is 0 Å². The van der Waals surface area contributed by atoms with Gasteiger partial charge in [0.2, 0.25) is 0 Å². The van der Waals surface area contributed by atoms with Crippen LogP contribution in [0.3, 0.4) is 0 Å². The normalized spacial score (nSPS) is 12.0. The number of aromatic nitrogens is 3. The van der Waals surface area contributed by atoms with Gasteiger partial charge in [-0.3, -0.25) is 19.4 Å². The van der Waals surface area contributed by atoms with Crippen LogP contribution in [-0.4, -0.2) is 27.2 Å². The maximum absolute atomic E-state index is 12.9. The van der Waals surface area contributed by atoms with Crippen molar-refractivity contribution in [2.75, 3.05) is 11.4 Å². The molecular weight excluding hydrogens is 288 g/mol. The van der Waals surface area contributed by atoms with Crippen molar-refractivity contribution in [1.29, 1.82) is 0 Å². The highest BCUT2D eigenvalue weighted by Crippen LogP contribution is 2.22. The van der Waals surface area contributed by atoms with Crippen LogP contribution in [0.15, 0.2) is 30.7 Å². The molecule has 23 heavy (non-hydrogen) atoms. The summed E-state index contributed by atoms with van der Waals surface area (Å²) in [5.41, 5.74) is 2.10. The van der Waals surface area contributed by atoms with Gasteiger partial charge in [0, 0.05) is 11.9 Å². The maximum Gasteiger partial charge on any atom is 0.262 e. The van der Waals surface area contributed by atoms with Gasteiger partial charge in [0.15, 0.2) is 0 Å². The molecule has 0 N–H and O–H groups in total. The van der Waals surface area contributed by atoms with E-state index < -0.39 is 0 Å². The Morgan fingerprint density at radius 2 is 2.13 bits per heavy atom. The number of amides is 1. The summed E-state index contributed by atoms with van der Waals surface area (Å²) >= 11 is 0. The van der Waals surface area contributed by atoms with E-state index in [1.807, 2.05) is 17.7 Å². The number of anilines is 1. The van der Waals surface area contributed by atoms with E-state index in [1.54, 1.807) is 29.6 Å². The number of rotatable bonds is 5. The lowest BCUT2D eigenvalue weighted by Crippen LogP contribution is -2.31. The zero-order valence-electron chi connectivity index (χ0n) is 14.0. The maximum atomic E-state index is 12.9.